The molecule has 0 aromatic heterocycles. The Labute approximate surface area is 123 Å². The quantitative estimate of drug-likeness (QED) is 0.788. The van der Waals surface area contributed by atoms with Crippen molar-refractivity contribution in [2.45, 2.75) is 22.9 Å². The topological polar surface area (TPSA) is 55.1 Å². The zero-order valence-electron chi connectivity index (χ0n) is 10.7. The number of alkyl halides is 3. The number of hydrogen-bond acceptors (Lipinski definition) is 4. The van der Waals surface area contributed by atoms with E-state index in [0.717, 1.165) is 5.75 Å². The van der Waals surface area contributed by atoms with Crippen LogP contribution in [0.2, 0.25) is 0 Å². The number of benzene rings is 1. The van der Waals surface area contributed by atoms with Crippen molar-refractivity contribution in [1.82, 2.24) is 0 Å². The molecule has 0 aliphatic carbocycles. The van der Waals surface area contributed by atoms with Crippen molar-refractivity contribution in [2.24, 2.45) is 5.73 Å². The van der Waals surface area contributed by atoms with Crippen LogP contribution in [0.25, 0.3) is 0 Å². The first-order valence-corrected chi connectivity index (χ1v) is 7.94. The maximum atomic E-state index is 12.2. The average Bonchev–Trinajstić information content (AvgIpc) is 2.36. The van der Waals surface area contributed by atoms with Crippen LogP contribution in [0.1, 0.15) is 6.42 Å². The number of thioether (sulfide) groups is 2. The largest absolute Gasteiger partial charge is 0.446 e. The summed E-state index contributed by atoms with van der Waals surface area (Å²) in [6, 6.07) is 4.84. The Bertz CT molecular complexity index is 437. The molecule has 0 unspecified atom stereocenters. The summed E-state index contributed by atoms with van der Waals surface area (Å²) in [7, 11) is 0. The lowest BCUT2D eigenvalue weighted by atomic mass is 10.2. The summed E-state index contributed by atoms with van der Waals surface area (Å²) in [5, 5.41) is 2.58. The Morgan fingerprint density at radius 1 is 1.35 bits per heavy atom. The van der Waals surface area contributed by atoms with Crippen LogP contribution in [-0.2, 0) is 4.79 Å². The number of carbonyl (C=O) groups is 1. The van der Waals surface area contributed by atoms with E-state index in [1.165, 1.54) is 24.3 Å². The van der Waals surface area contributed by atoms with Gasteiger partial charge >= 0.3 is 5.51 Å². The van der Waals surface area contributed by atoms with Crippen LogP contribution in [0.15, 0.2) is 29.2 Å². The lowest BCUT2D eigenvalue weighted by Gasteiger charge is -2.12. The van der Waals surface area contributed by atoms with Gasteiger partial charge in [-0.05, 0) is 54.5 Å². The zero-order chi connectivity index (χ0) is 15.2. The first kappa shape index (κ1) is 17.2. The van der Waals surface area contributed by atoms with Crippen LogP contribution in [0.5, 0.6) is 0 Å². The Balaban J connectivity index is 2.55. The summed E-state index contributed by atoms with van der Waals surface area (Å²) in [5.74, 6) is 0.436. The Kier molecular flexibility index (Phi) is 6.70. The van der Waals surface area contributed by atoms with Crippen molar-refractivity contribution in [2.75, 3.05) is 17.3 Å². The van der Waals surface area contributed by atoms with E-state index in [9.17, 15) is 18.0 Å². The predicted molar refractivity (Wildman–Crippen MR) is 78.0 cm³/mol. The molecule has 1 rings (SSSR count). The van der Waals surface area contributed by atoms with Crippen molar-refractivity contribution >= 4 is 35.1 Å². The van der Waals surface area contributed by atoms with Crippen molar-refractivity contribution in [3.05, 3.63) is 24.3 Å². The molecule has 1 aromatic rings. The standard InChI is InChI=1S/C12H15F3N2OS2/c1-19-7-6-10(16)11(18)17-8-2-4-9(5-3-8)20-12(13,14)15/h2-5,10H,6-7,16H2,1H3,(H,17,18)/t10-/m0/s1. The van der Waals surface area contributed by atoms with Crippen LogP contribution >= 0.6 is 23.5 Å². The number of carbonyl (C=O) groups excluding carboxylic acids is 1. The number of nitrogens with one attached hydrogen (secondary N) is 1. The van der Waals surface area contributed by atoms with Crippen molar-refractivity contribution in [1.29, 1.82) is 0 Å². The third-order valence-electron chi connectivity index (χ3n) is 2.33. The molecule has 3 nitrogen and oxygen atoms in total. The minimum atomic E-state index is -4.31. The van der Waals surface area contributed by atoms with Gasteiger partial charge in [0.15, 0.2) is 0 Å². The molecule has 0 fully saturated rings. The fourth-order valence-corrected chi connectivity index (χ4v) is 2.38. The second-order valence-electron chi connectivity index (χ2n) is 3.95. The number of hydrogen-bond donors (Lipinski definition) is 2. The predicted octanol–water partition coefficient (Wildman–Crippen LogP) is 3.32. The SMILES string of the molecule is CSCC[C@H](N)C(=O)Nc1ccc(SC(F)(F)F)cc1. The molecular weight excluding hydrogens is 309 g/mol. The summed E-state index contributed by atoms with van der Waals surface area (Å²) in [6.07, 6.45) is 2.47. The van der Waals surface area contributed by atoms with Gasteiger partial charge in [0.05, 0.1) is 6.04 Å². The second kappa shape index (κ2) is 7.80. The number of anilines is 1. The van der Waals surface area contributed by atoms with Gasteiger partial charge in [0.1, 0.15) is 0 Å². The Hall–Kier alpha value is -0.860. The molecule has 0 saturated heterocycles. The molecule has 8 heteroatoms. The van der Waals surface area contributed by atoms with E-state index in [0.29, 0.717) is 12.1 Å². The molecule has 1 amide bonds. The highest BCUT2D eigenvalue weighted by molar-refractivity contribution is 8.00. The lowest BCUT2D eigenvalue weighted by molar-refractivity contribution is -0.117. The van der Waals surface area contributed by atoms with E-state index in [1.54, 1.807) is 11.8 Å². The van der Waals surface area contributed by atoms with Crippen LogP contribution in [-0.4, -0.2) is 29.5 Å². The Morgan fingerprint density at radius 3 is 2.45 bits per heavy atom. The Morgan fingerprint density at radius 2 is 1.95 bits per heavy atom. The summed E-state index contributed by atoms with van der Waals surface area (Å²) in [6.45, 7) is 0. The monoisotopic (exact) mass is 324 g/mol. The highest BCUT2D eigenvalue weighted by Crippen LogP contribution is 2.36. The summed E-state index contributed by atoms with van der Waals surface area (Å²) < 4.78 is 36.5. The molecule has 0 radical (unpaired) electrons. The van der Waals surface area contributed by atoms with E-state index in [4.69, 9.17) is 5.73 Å². The van der Waals surface area contributed by atoms with Crippen LogP contribution < -0.4 is 11.1 Å². The van der Waals surface area contributed by atoms with E-state index < -0.39 is 11.6 Å². The molecule has 20 heavy (non-hydrogen) atoms. The van der Waals surface area contributed by atoms with Gasteiger partial charge in [0.25, 0.3) is 0 Å². The third-order valence-corrected chi connectivity index (χ3v) is 3.71. The minimum absolute atomic E-state index is 0.0715. The molecule has 1 aromatic carbocycles. The molecule has 0 aliphatic rings. The number of rotatable bonds is 6. The fourth-order valence-electron chi connectivity index (χ4n) is 1.35. The van der Waals surface area contributed by atoms with E-state index in [1.807, 2.05) is 6.26 Å². The first-order chi connectivity index (χ1) is 9.31. The van der Waals surface area contributed by atoms with Crippen LogP contribution in [0.4, 0.5) is 18.9 Å². The third kappa shape index (κ3) is 6.53. The highest BCUT2D eigenvalue weighted by Gasteiger charge is 2.29. The first-order valence-electron chi connectivity index (χ1n) is 5.73. The van der Waals surface area contributed by atoms with Gasteiger partial charge in [-0.15, -0.1) is 0 Å². The highest BCUT2D eigenvalue weighted by atomic mass is 32.2. The maximum Gasteiger partial charge on any atom is 0.446 e. The van der Waals surface area contributed by atoms with Gasteiger partial charge in [0.2, 0.25) is 5.91 Å². The zero-order valence-corrected chi connectivity index (χ0v) is 12.4. The summed E-state index contributed by atoms with van der Waals surface area (Å²) >= 11 is 1.40. The smallest absolute Gasteiger partial charge is 0.325 e. The van der Waals surface area contributed by atoms with Gasteiger partial charge in [-0.2, -0.15) is 24.9 Å². The molecule has 0 spiro atoms. The molecule has 3 N–H and O–H groups in total. The number of nitrogens with two attached hydrogens (primary N) is 1. The van der Waals surface area contributed by atoms with Gasteiger partial charge < -0.3 is 11.1 Å². The van der Waals surface area contributed by atoms with Gasteiger partial charge in [-0.25, -0.2) is 0 Å². The van der Waals surface area contributed by atoms with Crippen molar-refractivity contribution in [3.63, 3.8) is 0 Å². The number of amides is 1. The molecule has 0 aliphatic heterocycles. The molecule has 112 valence electrons. The molecule has 1 atom stereocenters. The van der Waals surface area contributed by atoms with E-state index in [-0.39, 0.29) is 22.6 Å². The average molecular weight is 324 g/mol. The fraction of sp³-hybridized carbons (Fsp3) is 0.417. The van der Waals surface area contributed by atoms with E-state index >= 15 is 0 Å². The number of halogens is 3. The second-order valence-corrected chi connectivity index (χ2v) is 6.07. The normalized spacial score (nSPS) is 13.1. The summed E-state index contributed by atoms with van der Waals surface area (Å²) in [4.78, 5) is 11.8. The van der Waals surface area contributed by atoms with Gasteiger partial charge in [-0.1, -0.05) is 0 Å². The van der Waals surface area contributed by atoms with Gasteiger partial charge in [-0.3, -0.25) is 4.79 Å². The summed E-state index contributed by atoms with van der Waals surface area (Å²) in [5.41, 5.74) is 1.80. The lowest BCUT2D eigenvalue weighted by Crippen LogP contribution is -2.36. The van der Waals surface area contributed by atoms with Crippen molar-refractivity contribution < 1.29 is 18.0 Å². The van der Waals surface area contributed by atoms with Crippen molar-refractivity contribution in [3.8, 4) is 0 Å². The minimum Gasteiger partial charge on any atom is -0.325 e. The molecule has 0 saturated carbocycles. The van der Waals surface area contributed by atoms with Gasteiger partial charge in [0, 0.05) is 10.6 Å². The molecule has 0 heterocycles. The van der Waals surface area contributed by atoms with Crippen LogP contribution in [0, 0.1) is 0 Å². The molecule has 0 bridgehead atoms. The molecular formula is C12H15F3N2OS2. The van der Waals surface area contributed by atoms with E-state index in [2.05, 4.69) is 5.32 Å². The van der Waals surface area contributed by atoms with Crippen LogP contribution in [0.3, 0.4) is 0 Å². The maximum absolute atomic E-state index is 12.2.